The zero-order chi connectivity index (χ0) is 11.4. The van der Waals surface area contributed by atoms with Crippen LogP contribution in [0.4, 0.5) is 5.82 Å². The van der Waals surface area contributed by atoms with Crippen molar-refractivity contribution in [3.05, 3.63) is 58.2 Å². The van der Waals surface area contributed by atoms with Gasteiger partial charge in [-0.15, -0.1) is 24.8 Å². The van der Waals surface area contributed by atoms with Crippen molar-refractivity contribution in [3.8, 4) is 0 Å². The highest BCUT2D eigenvalue weighted by Crippen LogP contribution is 2.22. The third kappa shape index (κ3) is 4.91. The van der Waals surface area contributed by atoms with Gasteiger partial charge in [0.2, 0.25) is 0 Å². The third-order valence-corrected chi connectivity index (χ3v) is 2.86. The summed E-state index contributed by atoms with van der Waals surface area (Å²) >= 11 is 11.8. The van der Waals surface area contributed by atoms with Crippen molar-refractivity contribution >= 4 is 53.8 Å². The molecule has 1 aromatic carbocycles. The SMILES string of the molecule is Cl.Cl.Clc1ccc(CNc2ccccn2)cc1Cl. The van der Waals surface area contributed by atoms with Gasteiger partial charge in [0.25, 0.3) is 0 Å². The Morgan fingerprint density at radius 3 is 2.39 bits per heavy atom. The molecular weight excluding hydrogens is 314 g/mol. The van der Waals surface area contributed by atoms with Gasteiger partial charge in [-0.25, -0.2) is 4.98 Å². The number of benzene rings is 1. The summed E-state index contributed by atoms with van der Waals surface area (Å²) in [5.41, 5.74) is 1.07. The maximum absolute atomic E-state index is 5.92. The number of anilines is 1. The van der Waals surface area contributed by atoms with Crippen LogP contribution in [-0.4, -0.2) is 4.98 Å². The highest BCUT2D eigenvalue weighted by atomic mass is 35.5. The van der Waals surface area contributed by atoms with Gasteiger partial charge in [-0.3, -0.25) is 0 Å². The molecule has 0 saturated heterocycles. The zero-order valence-corrected chi connectivity index (χ0v) is 12.4. The molecule has 1 aromatic heterocycles. The number of hydrogen-bond donors (Lipinski definition) is 1. The van der Waals surface area contributed by atoms with E-state index < -0.39 is 0 Å². The fourth-order valence-corrected chi connectivity index (χ4v) is 1.63. The van der Waals surface area contributed by atoms with E-state index in [1.54, 1.807) is 12.3 Å². The lowest BCUT2D eigenvalue weighted by atomic mass is 10.2. The number of nitrogens with zero attached hydrogens (tertiary/aromatic N) is 1. The smallest absolute Gasteiger partial charge is 0.126 e. The van der Waals surface area contributed by atoms with E-state index in [1.807, 2.05) is 30.3 Å². The van der Waals surface area contributed by atoms with Gasteiger partial charge in [-0.05, 0) is 29.8 Å². The Bertz CT molecular complexity index is 477. The van der Waals surface area contributed by atoms with Crippen LogP contribution < -0.4 is 5.32 Å². The van der Waals surface area contributed by atoms with Crippen LogP contribution in [0, 0.1) is 0 Å². The van der Waals surface area contributed by atoms with E-state index >= 15 is 0 Å². The number of aromatic nitrogens is 1. The second-order valence-electron chi connectivity index (χ2n) is 3.32. The monoisotopic (exact) mass is 324 g/mol. The van der Waals surface area contributed by atoms with Crippen molar-refractivity contribution in [3.63, 3.8) is 0 Å². The molecule has 0 unspecified atom stereocenters. The van der Waals surface area contributed by atoms with Crippen molar-refractivity contribution in [2.24, 2.45) is 0 Å². The largest absolute Gasteiger partial charge is 0.366 e. The molecule has 1 heterocycles. The van der Waals surface area contributed by atoms with E-state index in [9.17, 15) is 0 Å². The molecule has 0 aliphatic carbocycles. The number of hydrogen-bond acceptors (Lipinski definition) is 2. The fraction of sp³-hybridized carbons (Fsp3) is 0.0833. The van der Waals surface area contributed by atoms with Crippen molar-refractivity contribution < 1.29 is 0 Å². The van der Waals surface area contributed by atoms with Crippen LogP contribution in [0.2, 0.25) is 10.0 Å². The predicted octanol–water partition coefficient (Wildman–Crippen LogP) is 4.84. The molecule has 0 radical (unpaired) electrons. The molecule has 2 rings (SSSR count). The quantitative estimate of drug-likeness (QED) is 0.873. The Kier molecular flexibility index (Phi) is 8.12. The van der Waals surface area contributed by atoms with Gasteiger partial charge in [0.1, 0.15) is 5.82 Å². The number of pyridine rings is 1. The van der Waals surface area contributed by atoms with E-state index in [4.69, 9.17) is 23.2 Å². The van der Waals surface area contributed by atoms with Crippen LogP contribution in [-0.2, 0) is 6.54 Å². The first-order valence-electron chi connectivity index (χ1n) is 4.84. The Morgan fingerprint density at radius 2 is 1.78 bits per heavy atom. The molecule has 6 heteroatoms. The van der Waals surface area contributed by atoms with E-state index in [0.29, 0.717) is 16.6 Å². The molecule has 2 aromatic rings. The molecule has 98 valence electrons. The van der Waals surface area contributed by atoms with Crippen LogP contribution in [0.5, 0.6) is 0 Å². The molecular formula is C12H12Cl4N2. The second-order valence-corrected chi connectivity index (χ2v) is 4.13. The summed E-state index contributed by atoms with van der Waals surface area (Å²) < 4.78 is 0. The molecule has 0 fully saturated rings. The Balaban J connectivity index is 0.00000144. The molecule has 0 bridgehead atoms. The molecule has 1 N–H and O–H groups in total. The molecule has 0 amide bonds. The molecule has 2 nitrogen and oxygen atoms in total. The first-order chi connectivity index (χ1) is 7.75. The Hall–Kier alpha value is -0.670. The zero-order valence-electron chi connectivity index (χ0n) is 9.27. The molecule has 0 aliphatic heterocycles. The summed E-state index contributed by atoms with van der Waals surface area (Å²) in [5, 5.41) is 4.34. The molecule has 18 heavy (non-hydrogen) atoms. The first kappa shape index (κ1) is 17.3. The fourth-order valence-electron chi connectivity index (χ4n) is 1.31. The van der Waals surface area contributed by atoms with E-state index in [2.05, 4.69) is 10.3 Å². The molecule has 0 saturated carbocycles. The van der Waals surface area contributed by atoms with Gasteiger partial charge in [-0.2, -0.15) is 0 Å². The molecule has 0 spiro atoms. The van der Waals surface area contributed by atoms with Crippen LogP contribution in [0.3, 0.4) is 0 Å². The number of rotatable bonds is 3. The summed E-state index contributed by atoms with van der Waals surface area (Å²) in [4.78, 5) is 4.16. The van der Waals surface area contributed by atoms with E-state index in [-0.39, 0.29) is 24.8 Å². The minimum atomic E-state index is 0. The van der Waals surface area contributed by atoms with Gasteiger partial charge in [0.05, 0.1) is 10.0 Å². The first-order valence-corrected chi connectivity index (χ1v) is 5.60. The maximum atomic E-state index is 5.92. The van der Waals surface area contributed by atoms with E-state index in [0.717, 1.165) is 11.4 Å². The molecule has 0 atom stereocenters. The van der Waals surface area contributed by atoms with Crippen molar-refractivity contribution in [1.82, 2.24) is 4.98 Å². The maximum Gasteiger partial charge on any atom is 0.126 e. The Labute approximate surface area is 129 Å². The average Bonchev–Trinajstić information content (AvgIpc) is 2.32. The van der Waals surface area contributed by atoms with Crippen LogP contribution in [0.15, 0.2) is 42.6 Å². The summed E-state index contributed by atoms with van der Waals surface area (Å²) in [7, 11) is 0. The third-order valence-electron chi connectivity index (χ3n) is 2.12. The minimum absolute atomic E-state index is 0. The number of halogens is 4. The standard InChI is InChI=1S/C12H10Cl2N2.2ClH/c13-10-5-4-9(7-11(10)14)8-16-12-3-1-2-6-15-12;;/h1-7H,8H2,(H,15,16);2*1H. The second kappa shape index (κ2) is 8.44. The average molecular weight is 326 g/mol. The number of nitrogens with one attached hydrogen (secondary N) is 1. The van der Waals surface area contributed by atoms with Crippen molar-refractivity contribution in [1.29, 1.82) is 0 Å². The summed E-state index contributed by atoms with van der Waals surface area (Å²) in [6, 6.07) is 11.3. The van der Waals surface area contributed by atoms with Crippen LogP contribution in [0.25, 0.3) is 0 Å². The predicted molar refractivity (Wildman–Crippen MR) is 82.5 cm³/mol. The van der Waals surface area contributed by atoms with Crippen LogP contribution >= 0.6 is 48.0 Å². The lowest BCUT2D eigenvalue weighted by Crippen LogP contribution is -2.00. The van der Waals surface area contributed by atoms with Crippen molar-refractivity contribution in [2.75, 3.05) is 5.32 Å². The van der Waals surface area contributed by atoms with Gasteiger partial charge < -0.3 is 5.32 Å². The lowest BCUT2D eigenvalue weighted by Gasteiger charge is -2.06. The highest BCUT2D eigenvalue weighted by molar-refractivity contribution is 6.42. The summed E-state index contributed by atoms with van der Waals surface area (Å²) in [6.07, 6.45) is 1.75. The lowest BCUT2D eigenvalue weighted by molar-refractivity contribution is 1.11. The summed E-state index contributed by atoms with van der Waals surface area (Å²) in [6.45, 7) is 0.675. The minimum Gasteiger partial charge on any atom is -0.366 e. The van der Waals surface area contributed by atoms with Gasteiger partial charge >= 0.3 is 0 Å². The van der Waals surface area contributed by atoms with Gasteiger partial charge in [-0.1, -0.05) is 35.3 Å². The van der Waals surface area contributed by atoms with Crippen LogP contribution in [0.1, 0.15) is 5.56 Å². The normalized spacial score (nSPS) is 9.00. The Morgan fingerprint density at radius 1 is 1.00 bits per heavy atom. The van der Waals surface area contributed by atoms with Gasteiger partial charge in [0, 0.05) is 12.7 Å². The summed E-state index contributed by atoms with van der Waals surface area (Å²) in [5.74, 6) is 0.841. The topological polar surface area (TPSA) is 24.9 Å². The molecule has 0 aliphatic rings. The van der Waals surface area contributed by atoms with Crippen molar-refractivity contribution in [2.45, 2.75) is 6.54 Å². The van der Waals surface area contributed by atoms with E-state index in [1.165, 1.54) is 0 Å². The van der Waals surface area contributed by atoms with Gasteiger partial charge in [0.15, 0.2) is 0 Å². The highest BCUT2D eigenvalue weighted by Gasteiger charge is 1.99.